The number of likely N-dealkylation sites (tertiary alicyclic amines) is 1. The van der Waals surface area contributed by atoms with Gasteiger partial charge in [0.15, 0.2) is 0 Å². The number of urea groups is 1. The lowest BCUT2D eigenvalue weighted by Crippen LogP contribution is -2.42. The van der Waals surface area contributed by atoms with E-state index in [-0.39, 0.29) is 6.03 Å². The fourth-order valence-corrected chi connectivity index (χ4v) is 2.59. The van der Waals surface area contributed by atoms with E-state index in [2.05, 4.69) is 6.92 Å². The summed E-state index contributed by atoms with van der Waals surface area (Å²) in [5, 5.41) is 0. The summed E-state index contributed by atoms with van der Waals surface area (Å²) < 4.78 is 0. The number of hydrogen-bond donors (Lipinski definition) is 0. The third-order valence-corrected chi connectivity index (χ3v) is 3.99. The Kier molecular flexibility index (Phi) is 3.72. The molecule has 1 saturated heterocycles. The Labute approximate surface area is 98.8 Å². The van der Waals surface area contributed by atoms with Gasteiger partial charge in [-0.2, -0.15) is 0 Å². The van der Waals surface area contributed by atoms with Crippen molar-refractivity contribution >= 4 is 6.03 Å². The second-order valence-electron chi connectivity index (χ2n) is 5.54. The average Bonchev–Trinajstić information content (AvgIpc) is 3.00. The molecule has 0 spiro atoms. The lowest BCUT2D eigenvalue weighted by Gasteiger charge is -2.27. The molecule has 2 aliphatic rings. The van der Waals surface area contributed by atoms with Crippen LogP contribution in [0.4, 0.5) is 4.79 Å². The smallest absolute Gasteiger partial charge is 0.319 e. The molecule has 1 aliphatic heterocycles. The van der Waals surface area contributed by atoms with Gasteiger partial charge in [-0.15, -0.1) is 0 Å². The van der Waals surface area contributed by atoms with E-state index >= 15 is 0 Å². The minimum absolute atomic E-state index is 0.251. The molecule has 2 rings (SSSR count). The van der Waals surface area contributed by atoms with Gasteiger partial charge >= 0.3 is 6.03 Å². The van der Waals surface area contributed by atoms with Crippen molar-refractivity contribution in [2.45, 2.75) is 39.0 Å². The van der Waals surface area contributed by atoms with Crippen LogP contribution >= 0.6 is 0 Å². The largest absolute Gasteiger partial charge is 0.327 e. The molecule has 1 aliphatic carbocycles. The quantitative estimate of drug-likeness (QED) is 0.707. The molecule has 0 radical (unpaired) electrons. The Morgan fingerprint density at radius 2 is 1.81 bits per heavy atom. The summed E-state index contributed by atoms with van der Waals surface area (Å²) >= 11 is 0. The van der Waals surface area contributed by atoms with Gasteiger partial charge in [-0.1, -0.05) is 19.8 Å². The van der Waals surface area contributed by atoms with Crippen LogP contribution in [-0.4, -0.2) is 42.5 Å². The van der Waals surface area contributed by atoms with Crippen molar-refractivity contribution in [3.63, 3.8) is 0 Å². The van der Waals surface area contributed by atoms with Crippen LogP contribution in [0, 0.1) is 11.8 Å². The summed E-state index contributed by atoms with van der Waals surface area (Å²) in [6.45, 7) is 5.15. The van der Waals surface area contributed by atoms with Crippen molar-refractivity contribution in [2.75, 3.05) is 26.7 Å². The van der Waals surface area contributed by atoms with Gasteiger partial charge in [0.25, 0.3) is 0 Å². The Morgan fingerprint density at radius 3 is 2.31 bits per heavy atom. The molecular formula is C13H24N2O. The molecule has 0 N–H and O–H groups in total. The minimum Gasteiger partial charge on any atom is -0.327 e. The predicted octanol–water partition coefficient (Wildman–Crippen LogP) is 2.57. The average molecular weight is 224 g/mol. The van der Waals surface area contributed by atoms with Crippen LogP contribution in [0.1, 0.15) is 39.0 Å². The predicted molar refractivity (Wildman–Crippen MR) is 65.3 cm³/mol. The number of rotatable bonds is 2. The zero-order valence-corrected chi connectivity index (χ0v) is 10.6. The van der Waals surface area contributed by atoms with Crippen LogP contribution in [0.15, 0.2) is 0 Å². The summed E-state index contributed by atoms with van der Waals surface area (Å²) in [6.07, 6.45) is 6.23. The summed E-state index contributed by atoms with van der Waals surface area (Å²) in [7, 11) is 1.96. The highest BCUT2D eigenvalue weighted by Crippen LogP contribution is 2.38. The summed E-state index contributed by atoms with van der Waals surface area (Å²) in [5.74, 6) is 1.60. The highest BCUT2D eigenvalue weighted by molar-refractivity contribution is 5.74. The van der Waals surface area contributed by atoms with Gasteiger partial charge < -0.3 is 9.80 Å². The van der Waals surface area contributed by atoms with E-state index in [4.69, 9.17) is 0 Å². The molecule has 1 heterocycles. The first kappa shape index (κ1) is 11.7. The molecule has 2 fully saturated rings. The molecule has 92 valence electrons. The Hall–Kier alpha value is -0.730. The highest BCUT2D eigenvalue weighted by Gasteiger charge is 2.34. The molecule has 0 aromatic carbocycles. The zero-order valence-electron chi connectivity index (χ0n) is 10.6. The van der Waals surface area contributed by atoms with Crippen molar-refractivity contribution in [1.82, 2.24) is 9.80 Å². The maximum absolute atomic E-state index is 12.2. The van der Waals surface area contributed by atoms with Crippen LogP contribution < -0.4 is 0 Å². The topological polar surface area (TPSA) is 23.6 Å². The molecular weight excluding hydrogens is 200 g/mol. The zero-order chi connectivity index (χ0) is 11.5. The maximum atomic E-state index is 12.2. The van der Waals surface area contributed by atoms with E-state index in [9.17, 15) is 4.79 Å². The van der Waals surface area contributed by atoms with E-state index in [1.54, 1.807) is 0 Å². The minimum atomic E-state index is 0.251. The van der Waals surface area contributed by atoms with E-state index in [1.807, 2.05) is 16.8 Å². The summed E-state index contributed by atoms with van der Waals surface area (Å²) in [4.78, 5) is 16.1. The monoisotopic (exact) mass is 224 g/mol. The first-order chi connectivity index (χ1) is 7.68. The second-order valence-corrected chi connectivity index (χ2v) is 5.54. The standard InChI is InChI=1S/C13H24N2O/c1-11-9-12(11)10-14(2)13(16)15-7-5-3-4-6-8-15/h11-12H,3-10H2,1-2H3. The van der Waals surface area contributed by atoms with E-state index in [0.717, 1.165) is 31.5 Å². The third kappa shape index (κ3) is 2.89. The van der Waals surface area contributed by atoms with E-state index < -0.39 is 0 Å². The normalized spacial score (nSPS) is 29.8. The van der Waals surface area contributed by atoms with Gasteiger partial charge in [0, 0.05) is 26.7 Å². The Bertz CT molecular complexity index is 246. The number of carbonyl (C=O) groups excluding carboxylic acids is 1. The first-order valence-corrected chi connectivity index (χ1v) is 6.68. The molecule has 16 heavy (non-hydrogen) atoms. The first-order valence-electron chi connectivity index (χ1n) is 6.68. The molecule has 0 aromatic heterocycles. The molecule has 3 heteroatoms. The molecule has 3 nitrogen and oxygen atoms in total. The van der Waals surface area contributed by atoms with Crippen LogP contribution in [0.5, 0.6) is 0 Å². The summed E-state index contributed by atoms with van der Waals surface area (Å²) in [6, 6.07) is 0.251. The van der Waals surface area contributed by atoms with Gasteiger partial charge in [0.2, 0.25) is 0 Å². The number of nitrogens with zero attached hydrogens (tertiary/aromatic N) is 2. The van der Waals surface area contributed by atoms with Crippen LogP contribution in [0.3, 0.4) is 0 Å². The lowest BCUT2D eigenvalue weighted by atomic mass is 10.2. The molecule has 2 amide bonds. The van der Waals surface area contributed by atoms with Crippen molar-refractivity contribution < 1.29 is 4.79 Å². The van der Waals surface area contributed by atoms with Gasteiger partial charge in [-0.3, -0.25) is 0 Å². The SMILES string of the molecule is CC1CC1CN(C)C(=O)N1CCCCCC1. The highest BCUT2D eigenvalue weighted by atomic mass is 16.2. The van der Waals surface area contributed by atoms with Crippen LogP contribution in [0.2, 0.25) is 0 Å². The van der Waals surface area contributed by atoms with Gasteiger partial charge in [-0.25, -0.2) is 4.79 Å². The Morgan fingerprint density at radius 1 is 1.25 bits per heavy atom. The number of carbonyl (C=O) groups is 1. The fraction of sp³-hybridized carbons (Fsp3) is 0.923. The van der Waals surface area contributed by atoms with Gasteiger partial charge in [-0.05, 0) is 31.1 Å². The van der Waals surface area contributed by atoms with Gasteiger partial charge in [0.05, 0.1) is 0 Å². The number of amides is 2. The molecule has 1 saturated carbocycles. The molecule has 0 bridgehead atoms. The number of hydrogen-bond acceptors (Lipinski definition) is 1. The van der Waals surface area contributed by atoms with Gasteiger partial charge in [0.1, 0.15) is 0 Å². The van der Waals surface area contributed by atoms with E-state index in [0.29, 0.717) is 0 Å². The van der Waals surface area contributed by atoms with E-state index in [1.165, 1.54) is 32.1 Å². The van der Waals surface area contributed by atoms with Crippen molar-refractivity contribution in [3.05, 3.63) is 0 Å². The molecule has 2 unspecified atom stereocenters. The van der Waals surface area contributed by atoms with Crippen molar-refractivity contribution in [1.29, 1.82) is 0 Å². The summed E-state index contributed by atoms with van der Waals surface area (Å²) in [5.41, 5.74) is 0. The maximum Gasteiger partial charge on any atom is 0.319 e. The van der Waals surface area contributed by atoms with Crippen LogP contribution in [-0.2, 0) is 0 Å². The van der Waals surface area contributed by atoms with Crippen molar-refractivity contribution in [3.8, 4) is 0 Å². The third-order valence-electron chi connectivity index (χ3n) is 3.99. The fourth-order valence-electron chi connectivity index (χ4n) is 2.59. The molecule has 0 aromatic rings. The van der Waals surface area contributed by atoms with Crippen LogP contribution in [0.25, 0.3) is 0 Å². The second kappa shape index (κ2) is 5.07. The Balaban J connectivity index is 1.80. The lowest BCUT2D eigenvalue weighted by molar-refractivity contribution is 0.162. The molecule has 2 atom stereocenters. The van der Waals surface area contributed by atoms with Crippen molar-refractivity contribution in [2.24, 2.45) is 11.8 Å².